The van der Waals surface area contributed by atoms with Gasteiger partial charge in [-0.15, -0.1) is 0 Å². The van der Waals surface area contributed by atoms with Crippen molar-refractivity contribution in [1.29, 1.82) is 0 Å². The molecule has 16 heavy (non-hydrogen) atoms. The van der Waals surface area contributed by atoms with Crippen LogP contribution in [0.4, 0.5) is 4.79 Å². The Morgan fingerprint density at radius 1 is 1.44 bits per heavy atom. The van der Waals surface area contributed by atoms with Crippen LogP contribution in [0.25, 0.3) is 0 Å². The summed E-state index contributed by atoms with van der Waals surface area (Å²) in [6.07, 6.45) is 1.01. The predicted molar refractivity (Wildman–Crippen MR) is 66.2 cm³/mol. The van der Waals surface area contributed by atoms with E-state index in [0.29, 0.717) is 18.4 Å². The monoisotopic (exact) mass is 227 g/mol. The number of amides is 2. The predicted octanol–water partition coefficient (Wildman–Crippen LogP) is 1.41. The molecule has 1 aliphatic heterocycles. The van der Waals surface area contributed by atoms with Gasteiger partial charge in [0.2, 0.25) is 0 Å². The zero-order chi connectivity index (χ0) is 12.3. The molecule has 2 atom stereocenters. The number of hydrogen-bond acceptors (Lipinski definition) is 2. The number of carbonyl (C=O) groups excluding carboxylic acids is 1. The second kappa shape index (κ2) is 5.04. The first kappa shape index (κ1) is 13.3. The van der Waals surface area contributed by atoms with E-state index >= 15 is 0 Å². The summed E-state index contributed by atoms with van der Waals surface area (Å²) in [7, 11) is 0. The van der Waals surface area contributed by atoms with E-state index in [1.54, 1.807) is 0 Å². The van der Waals surface area contributed by atoms with Crippen molar-refractivity contribution in [3.05, 3.63) is 0 Å². The Kier molecular flexibility index (Phi) is 4.19. The molecule has 1 fully saturated rings. The lowest BCUT2D eigenvalue weighted by Crippen LogP contribution is -2.47. The van der Waals surface area contributed by atoms with Gasteiger partial charge in [0.05, 0.1) is 0 Å². The lowest BCUT2D eigenvalue weighted by Gasteiger charge is -2.25. The maximum absolute atomic E-state index is 11.9. The minimum atomic E-state index is -0.160. The van der Waals surface area contributed by atoms with Gasteiger partial charge in [0.25, 0.3) is 0 Å². The van der Waals surface area contributed by atoms with Crippen molar-refractivity contribution in [2.75, 3.05) is 19.6 Å². The maximum atomic E-state index is 11.9. The molecule has 0 aromatic rings. The van der Waals surface area contributed by atoms with Crippen LogP contribution in [0.1, 0.15) is 34.1 Å². The summed E-state index contributed by atoms with van der Waals surface area (Å²) in [5, 5.41) is 3.00. The fourth-order valence-corrected chi connectivity index (χ4v) is 2.19. The third kappa shape index (κ3) is 3.67. The molecule has 0 bridgehead atoms. The van der Waals surface area contributed by atoms with Crippen molar-refractivity contribution in [3.63, 3.8) is 0 Å². The minimum absolute atomic E-state index is 0.0545. The smallest absolute Gasteiger partial charge is 0.317 e. The second-order valence-electron chi connectivity index (χ2n) is 5.90. The van der Waals surface area contributed by atoms with Crippen LogP contribution in [0.15, 0.2) is 0 Å². The molecule has 0 aliphatic carbocycles. The average Bonchev–Trinajstić information content (AvgIpc) is 2.46. The third-order valence-electron chi connectivity index (χ3n) is 3.07. The third-order valence-corrected chi connectivity index (χ3v) is 3.07. The molecule has 0 spiro atoms. The van der Waals surface area contributed by atoms with E-state index in [1.807, 2.05) is 25.7 Å². The van der Waals surface area contributed by atoms with Crippen LogP contribution >= 0.6 is 0 Å². The standard InChI is InChI=1S/C12H25N3O/c1-9-7-15(8-10(9)5-6-13)11(16)14-12(2,3)4/h9-10H,5-8,13H2,1-4H3,(H,14,16)/t9-,10-/m1/s1. The molecule has 3 N–H and O–H groups in total. The second-order valence-corrected chi connectivity index (χ2v) is 5.90. The van der Waals surface area contributed by atoms with Gasteiger partial charge in [0.1, 0.15) is 0 Å². The van der Waals surface area contributed by atoms with Crippen LogP contribution in [0.3, 0.4) is 0 Å². The van der Waals surface area contributed by atoms with Crippen LogP contribution in [-0.4, -0.2) is 36.1 Å². The van der Waals surface area contributed by atoms with Gasteiger partial charge in [-0.2, -0.15) is 0 Å². The summed E-state index contributed by atoms with van der Waals surface area (Å²) in [4.78, 5) is 13.9. The molecular weight excluding hydrogens is 202 g/mol. The van der Waals surface area contributed by atoms with E-state index in [9.17, 15) is 4.79 Å². The molecule has 0 unspecified atom stereocenters. The highest BCUT2D eigenvalue weighted by molar-refractivity contribution is 5.75. The number of carbonyl (C=O) groups is 1. The quantitative estimate of drug-likeness (QED) is 0.749. The zero-order valence-electron chi connectivity index (χ0n) is 10.9. The van der Waals surface area contributed by atoms with Gasteiger partial charge in [-0.1, -0.05) is 6.92 Å². The fraction of sp³-hybridized carbons (Fsp3) is 0.917. The summed E-state index contributed by atoms with van der Waals surface area (Å²) < 4.78 is 0. The van der Waals surface area contributed by atoms with Crippen molar-refractivity contribution >= 4 is 6.03 Å². The number of likely N-dealkylation sites (tertiary alicyclic amines) is 1. The molecule has 0 aromatic carbocycles. The Balaban J connectivity index is 2.48. The first-order valence-electron chi connectivity index (χ1n) is 6.10. The van der Waals surface area contributed by atoms with Crippen LogP contribution in [0.5, 0.6) is 0 Å². The molecule has 4 nitrogen and oxygen atoms in total. The first-order valence-corrected chi connectivity index (χ1v) is 6.10. The molecule has 1 rings (SSSR count). The Labute approximate surface area is 98.6 Å². The summed E-state index contributed by atoms with van der Waals surface area (Å²) >= 11 is 0. The Hall–Kier alpha value is -0.770. The molecule has 1 heterocycles. The van der Waals surface area contributed by atoms with E-state index in [0.717, 1.165) is 19.5 Å². The molecule has 0 radical (unpaired) electrons. The van der Waals surface area contributed by atoms with Gasteiger partial charge >= 0.3 is 6.03 Å². The molecule has 1 saturated heterocycles. The lowest BCUT2D eigenvalue weighted by atomic mass is 9.95. The van der Waals surface area contributed by atoms with Crippen molar-refractivity contribution in [3.8, 4) is 0 Å². The van der Waals surface area contributed by atoms with Crippen LogP contribution in [0, 0.1) is 11.8 Å². The minimum Gasteiger partial charge on any atom is -0.333 e. The SMILES string of the molecule is C[C@@H]1CN(C(=O)NC(C)(C)C)C[C@H]1CCN. The average molecular weight is 227 g/mol. The number of nitrogens with two attached hydrogens (primary N) is 1. The van der Waals surface area contributed by atoms with E-state index in [1.165, 1.54) is 0 Å². The topological polar surface area (TPSA) is 58.4 Å². The molecular formula is C12H25N3O. The maximum Gasteiger partial charge on any atom is 0.317 e. The van der Waals surface area contributed by atoms with Gasteiger partial charge in [0.15, 0.2) is 0 Å². The van der Waals surface area contributed by atoms with Crippen LogP contribution in [0.2, 0.25) is 0 Å². The van der Waals surface area contributed by atoms with E-state index in [-0.39, 0.29) is 11.6 Å². The van der Waals surface area contributed by atoms with Gasteiger partial charge < -0.3 is 16.0 Å². The summed E-state index contributed by atoms with van der Waals surface area (Å²) in [5.74, 6) is 1.13. The Morgan fingerprint density at radius 2 is 2.06 bits per heavy atom. The van der Waals surface area contributed by atoms with Crippen molar-refractivity contribution in [1.82, 2.24) is 10.2 Å². The molecule has 2 amide bonds. The van der Waals surface area contributed by atoms with Crippen molar-refractivity contribution in [2.45, 2.75) is 39.7 Å². The molecule has 1 aliphatic rings. The number of hydrogen-bond donors (Lipinski definition) is 2. The Morgan fingerprint density at radius 3 is 2.56 bits per heavy atom. The van der Waals surface area contributed by atoms with Crippen LogP contribution in [-0.2, 0) is 0 Å². The summed E-state index contributed by atoms with van der Waals surface area (Å²) in [6, 6.07) is 0.0545. The highest BCUT2D eigenvalue weighted by Gasteiger charge is 2.32. The van der Waals surface area contributed by atoms with Gasteiger partial charge in [-0.25, -0.2) is 4.79 Å². The summed E-state index contributed by atoms with van der Waals surface area (Å²) in [5.41, 5.74) is 5.41. The fourth-order valence-electron chi connectivity index (χ4n) is 2.19. The Bertz CT molecular complexity index is 247. The highest BCUT2D eigenvalue weighted by atomic mass is 16.2. The van der Waals surface area contributed by atoms with E-state index < -0.39 is 0 Å². The number of nitrogens with zero attached hydrogens (tertiary/aromatic N) is 1. The largest absolute Gasteiger partial charge is 0.333 e. The van der Waals surface area contributed by atoms with Crippen molar-refractivity contribution in [2.24, 2.45) is 17.6 Å². The zero-order valence-corrected chi connectivity index (χ0v) is 10.9. The first-order chi connectivity index (χ1) is 7.33. The van der Waals surface area contributed by atoms with Crippen molar-refractivity contribution < 1.29 is 4.79 Å². The van der Waals surface area contributed by atoms with E-state index in [4.69, 9.17) is 5.73 Å². The summed E-state index contributed by atoms with van der Waals surface area (Å²) in [6.45, 7) is 10.6. The highest BCUT2D eigenvalue weighted by Crippen LogP contribution is 2.25. The number of rotatable bonds is 2. The van der Waals surface area contributed by atoms with Crippen LogP contribution < -0.4 is 11.1 Å². The number of nitrogens with one attached hydrogen (secondary N) is 1. The van der Waals surface area contributed by atoms with E-state index in [2.05, 4.69) is 12.2 Å². The van der Waals surface area contributed by atoms with Gasteiger partial charge in [-0.05, 0) is 45.6 Å². The molecule has 94 valence electrons. The molecule has 0 aromatic heterocycles. The van der Waals surface area contributed by atoms with Gasteiger partial charge in [-0.3, -0.25) is 0 Å². The molecule has 0 saturated carbocycles. The lowest BCUT2D eigenvalue weighted by molar-refractivity contribution is 0.197. The van der Waals surface area contributed by atoms with Gasteiger partial charge in [0, 0.05) is 18.6 Å². The normalized spacial score (nSPS) is 25.9. The molecule has 4 heteroatoms. The number of urea groups is 1.